The molecule has 0 aliphatic carbocycles. The molecular weight excluding hydrogens is 238 g/mol. The maximum atomic E-state index is 11.5. The largest absolute Gasteiger partial charge is 0.378 e. The van der Waals surface area contributed by atoms with Crippen molar-refractivity contribution in [3.05, 3.63) is 23.5 Å². The van der Waals surface area contributed by atoms with Crippen LogP contribution in [0.1, 0.15) is 37.1 Å². The lowest BCUT2D eigenvalue weighted by Gasteiger charge is -2.32. The number of likely N-dealkylation sites (tertiary alicyclic amines) is 1. The fourth-order valence-electron chi connectivity index (χ4n) is 2.65. The van der Waals surface area contributed by atoms with E-state index in [9.17, 15) is 4.79 Å². The molecule has 4 nitrogen and oxygen atoms in total. The Kier molecular flexibility index (Phi) is 4.08. The number of rotatable bonds is 2. The van der Waals surface area contributed by atoms with Gasteiger partial charge in [-0.05, 0) is 31.9 Å². The van der Waals surface area contributed by atoms with Gasteiger partial charge in [0, 0.05) is 57.1 Å². The zero-order chi connectivity index (χ0) is 14.0. The number of amides is 1. The Bertz CT molecular complexity index is 470. The highest BCUT2D eigenvalue weighted by atomic mass is 16.2. The molecule has 1 amide bonds. The molecule has 1 fully saturated rings. The summed E-state index contributed by atoms with van der Waals surface area (Å²) in [6.07, 6.45) is 2.18. The molecule has 0 spiro atoms. The van der Waals surface area contributed by atoms with E-state index in [1.807, 2.05) is 25.9 Å². The lowest BCUT2D eigenvalue weighted by molar-refractivity contribution is -0.130. The molecule has 1 aromatic rings. The average Bonchev–Trinajstić information content (AvgIpc) is 2.38. The second-order valence-corrected chi connectivity index (χ2v) is 5.59. The molecule has 0 aromatic carbocycles. The van der Waals surface area contributed by atoms with Gasteiger partial charge in [0.1, 0.15) is 0 Å². The third-order valence-corrected chi connectivity index (χ3v) is 3.76. The molecule has 2 rings (SSSR count). The van der Waals surface area contributed by atoms with Crippen LogP contribution >= 0.6 is 0 Å². The molecule has 0 N–H and O–H groups in total. The molecule has 0 saturated carbocycles. The molecule has 1 aromatic heterocycles. The summed E-state index contributed by atoms with van der Waals surface area (Å²) in [5.74, 6) is 0.543. The Morgan fingerprint density at radius 1 is 1.42 bits per heavy atom. The Hall–Kier alpha value is -1.58. The number of nitrogens with zero attached hydrogens (tertiary/aromatic N) is 3. The predicted octanol–water partition coefficient (Wildman–Crippen LogP) is 2.18. The molecule has 1 saturated heterocycles. The summed E-state index contributed by atoms with van der Waals surface area (Å²) in [6.45, 7) is 5.37. The number of anilines is 1. The van der Waals surface area contributed by atoms with Crippen LogP contribution in [0.25, 0.3) is 0 Å². The maximum Gasteiger partial charge on any atom is 0.219 e. The van der Waals surface area contributed by atoms with Gasteiger partial charge in [0.2, 0.25) is 5.91 Å². The molecule has 2 heterocycles. The number of carbonyl (C=O) groups excluding carboxylic acids is 1. The van der Waals surface area contributed by atoms with Crippen molar-refractivity contribution in [1.82, 2.24) is 9.88 Å². The summed E-state index contributed by atoms with van der Waals surface area (Å²) in [7, 11) is 4.09. The third kappa shape index (κ3) is 3.25. The molecule has 0 radical (unpaired) electrons. The van der Waals surface area contributed by atoms with Gasteiger partial charge in [-0.25, -0.2) is 0 Å². The van der Waals surface area contributed by atoms with E-state index < -0.39 is 0 Å². The van der Waals surface area contributed by atoms with Crippen LogP contribution in [-0.2, 0) is 4.79 Å². The van der Waals surface area contributed by atoms with Crippen LogP contribution < -0.4 is 4.90 Å². The zero-order valence-electron chi connectivity index (χ0n) is 12.3. The van der Waals surface area contributed by atoms with Gasteiger partial charge in [0.15, 0.2) is 0 Å². The molecule has 1 aliphatic heterocycles. The van der Waals surface area contributed by atoms with Crippen molar-refractivity contribution in [3.8, 4) is 0 Å². The molecule has 1 atom stereocenters. The van der Waals surface area contributed by atoms with E-state index in [0.717, 1.165) is 37.3 Å². The molecule has 0 bridgehead atoms. The van der Waals surface area contributed by atoms with Gasteiger partial charge in [-0.2, -0.15) is 0 Å². The summed E-state index contributed by atoms with van der Waals surface area (Å²) < 4.78 is 0. The number of aryl methyl sites for hydroxylation is 1. The van der Waals surface area contributed by atoms with Gasteiger partial charge in [0.25, 0.3) is 0 Å². The van der Waals surface area contributed by atoms with Crippen molar-refractivity contribution in [3.63, 3.8) is 0 Å². The molecule has 1 aliphatic rings. The normalized spacial score (nSPS) is 19.4. The zero-order valence-corrected chi connectivity index (χ0v) is 12.3. The molecule has 4 heteroatoms. The first-order valence-electron chi connectivity index (χ1n) is 6.89. The second kappa shape index (κ2) is 5.59. The molecule has 19 heavy (non-hydrogen) atoms. The van der Waals surface area contributed by atoms with Gasteiger partial charge in [-0.3, -0.25) is 9.78 Å². The van der Waals surface area contributed by atoms with Crippen LogP contribution in [-0.4, -0.2) is 43.0 Å². The lowest BCUT2D eigenvalue weighted by atomic mass is 9.93. The smallest absolute Gasteiger partial charge is 0.219 e. The number of hydrogen-bond donors (Lipinski definition) is 0. The van der Waals surface area contributed by atoms with Crippen LogP contribution in [0.15, 0.2) is 12.1 Å². The van der Waals surface area contributed by atoms with E-state index in [2.05, 4.69) is 22.0 Å². The van der Waals surface area contributed by atoms with Crippen molar-refractivity contribution >= 4 is 11.6 Å². The Morgan fingerprint density at radius 2 is 2.16 bits per heavy atom. The van der Waals surface area contributed by atoms with E-state index in [4.69, 9.17) is 0 Å². The minimum absolute atomic E-state index is 0.171. The average molecular weight is 261 g/mol. The Labute approximate surface area is 115 Å². The van der Waals surface area contributed by atoms with E-state index in [-0.39, 0.29) is 5.91 Å². The highest BCUT2D eigenvalue weighted by molar-refractivity contribution is 5.73. The first-order chi connectivity index (χ1) is 8.97. The molecule has 104 valence electrons. The molecular formula is C15H23N3O. The number of carbonyl (C=O) groups is 1. The summed E-state index contributed by atoms with van der Waals surface area (Å²) in [6, 6.07) is 4.25. The van der Waals surface area contributed by atoms with Crippen molar-refractivity contribution < 1.29 is 4.79 Å². The van der Waals surface area contributed by atoms with E-state index in [1.165, 1.54) is 5.69 Å². The summed E-state index contributed by atoms with van der Waals surface area (Å²) in [5.41, 5.74) is 3.35. The van der Waals surface area contributed by atoms with Crippen LogP contribution in [0.3, 0.4) is 0 Å². The third-order valence-electron chi connectivity index (χ3n) is 3.76. The quantitative estimate of drug-likeness (QED) is 0.818. The SMILES string of the molecule is CC(=O)N1CCC[C@@H](c2cc(N(C)C)cc(C)n2)C1. The van der Waals surface area contributed by atoms with Gasteiger partial charge in [-0.1, -0.05) is 0 Å². The Balaban J connectivity index is 2.23. The van der Waals surface area contributed by atoms with Crippen LogP contribution in [0.5, 0.6) is 0 Å². The second-order valence-electron chi connectivity index (χ2n) is 5.59. The van der Waals surface area contributed by atoms with Gasteiger partial charge >= 0.3 is 0 Å². The van der Waals surface area contributed by atoms with Gasteiger partial charge in [-0.15, -0.1) is 0 Å². The van der Waals surface area contributed by atoms with E-state index in [1.54, 1.807) is 6.92 Å². The number of hydrogen-bond acceptors (Lipinski definition) is 3. The summed E-state index contributed by atoms with van der Waals surface area (Å²) in [5, 5.41) is 0. The van der Waals surface area contributed by atoms with Crippen LogP contribution in [0, 0.1) is 6.92 Å². The van der Waals surface area contributed by atoms with Crippen molar-refractivity contribution in [1.29, 1.82) is 0 Å². The monoisotopic (exact) mass is 261 g/mol. The first-order valence-corrected chi connectivity index (χ1v) is 6.89. The number of piperidine rings is 1. The summed E-state index contributed by atoms with van der Waals surface area (Å²) >= 11 is 0. The number of aromatic nitrogens is 1. The van der Waals surface area contributed by atoms with Crippen molar-refractivity contribution in [2.24, 2.45) is 0 Å². The van der Waals surface area contributed by atoms with Crippen LogP contribution in [0.4, 0.5) is 5.69 Å². The maximum absolute atomic E-state index is 11.5. The standard InChI is InChI=1S/C15H23N3O/c1-11-8-14(17(3)4)9-15(16-11)13-6-5-7-18(10-13)12(2)19/h8-9,13H,5-7,10H2,1-4H3/t13-/m1/s1. The summed E-state index contributed by atoms with van der Waals surface area (Å²) in [4.78, 5) is 20.2. The van der Waals surface area contributed by atoms with Crippen molar-refractivity contribution in [2.45, 2.75) is 32.6 Å². The molecule has 0 unspecified atom stereocenters. The van der Waals surface area contributed by atoms with Gasteiger partial charge in [0.05, 0.1) is 0 Å². The predicted molar refractivity (Wildman–Crippen MR) is 77.5 cm³/mol. The highest BCUT2D eigenvalue weighted by Crippen LogP contribution is 2.28. The minimum atomic E-state index is 0.171. The first kappa shape index (κ1) is 13.8. The topological polar surface area (TPSA) is 36.4 Å². The van der Waals surface area contributed by atoms with Crippen LogP contribution in [0.2, 0.25) is 0 Å². The van der Waals surface area contributed by atoms with Gasteiger partial charge < -0.3 is 9.80 Å². The fourth-order valence-corrected chi connectivity index (χ4v) is 2.65. The fraction of sp³-hybridized carbons (Fsp3) is 0.600. The lowest BCUT2D eigenvalue weighted by Crippen LogP contribution is -2.37. The van der Waals surface area contributed by atoms with E-state index in [0.29, 0.717) is 5.92 Å². The minimum Gasteiger partial charge on any atom is -0.378 e. The Morgan fingerprint density at radius 3 is 2.79 bits per heavy atom. The highest BCUT2D eigenvalue weighted by Gasteiger charge is 2.24. The van der Waals surface area contributed by atoms with E-state index >= 15 is 0 Å². The number of pyridine rings is 1. The van der Waals surface area contributed by atoms with Crippen molar-refractivity contribution in [2.75, 3.05) is 32.1 Å².